The molecule has 174 valence electrons. The standard InChI is InChI=1S/C25H28N2O6/c1-15(2)22(23(28)27-11-12-32-21(13-27)24(29)30)26-25(31)33-14-20-18-9-5-3-7-16(18)17-8-4-6-10-19(17)20/h3-10,15,20-22H,11-14H2,1-2H3,(H,26,31)(H,29,30)/t21?,22-/m1/s1. The summed E-state index contributed by atoms with van der Waals surface area (Å²) in [6.45, 7) is 4.15. The maximum atomic E-state index is 13.0. The number of fused-ring (bicyclic) bond motifs is 3. The van der Waals surface area contributed by atoms with Crippen LogP contribution in [0.2, 0.25) is 0 Å². The van der Waals surface area contributed by atoms with E-state index in [0.29, 0.717) is 0 Å². The molecule has 0 bridgehead atoms. The summed E-state index contributed by atoms with van der Waals surface area (Å²) in [7, 11) is 0. The lowest BCUT2D eigenvalue weighted by atomic mass is 9.98. The number of nitrogens with one attached hydrogen (secondary N) is 1. The van der Waals surface area contributed by atoms with Crippen molar-refractivity contribution in [2.24, 2.45) is 5.92 Å². The van der Waals surface area contributed by atoms with E-state index in [0.717, 1.165) is 22.3 Å². The Labute approximate surface area is 192 Å². The molecule has 1 saturated heterocycles. The Morgan fingerprint density at radius 1 is 1.09 bits per heavy atom. The third-order valence-electron chi connectivity index (χ3n) is 6.20. The van der Waals surface area contributed by atoms with Gasteiger partial charge in [0.25, 0.3) is 0 Å². The van der Waals surface area contributed by atoms with E-state index < -0.39 is 24.2 Å². The Morgan fingerprint density at radius 3 is 2.27 bits per heavy atom. The van der Waals surface area contributed by atoms with E-state index in [1.54, 1.807) is 0 Å². The predicted molar refractivity (Wildman–Crippen MR) is 121 cm³/mol. The fourth-order valence-electron chi connectivity index (χ4n) is 4.48. The molecule has 0 aromatic heterocycles. The van der Waals surface area contributed by atoms with Gasteiger partial charge in [0.2, 0.25) is 5.91 Å². The molecule has 33 heavy (non-hydrogen) atoms. The number of benzene rings is 2. The second kappa shape index (κ2) is 9.62. The second-order valence-corrected chi connectivity index (χ2v) is 8.67. The molecular formula is C25H28N2O6. The summed E-state index contributed by atoms with van der Waals surface area (Å²) in [5.74, 6) is -1.73. The van der Waals surface area contributed by atoms with Crippen molar-refractivity contribution in [1.82, 2.24) is 10.2 Å². The van der Waals surface area contributed by atoms with E-state index in [1.807, 2.05) is 50.2 Å². The van der Waals surface area contributed by atoms with Crippen LogP contribution in [0.3, 0.4) is 0 Å². The van der Waals surface area contributed by atoms with E-state index in [9.17, 15) is 19.5 Å². The zero-order valence-corrected chi connectivity index (χ0v) is 18.7. The summed E-state index contributed by atoms with van der Waals surface area (Å²) in [5, 5.41) is 11.9. The van der Waals surface area contributed by atoms with Crippen molar-refractivity contribution in [2.45, 2.75) is 31.9 Å². The van der Waals surface area contributed by atoms with E-state index in [1.165, 1.54) is 4.90 Å². The van der Waals surface area contributed by atoms with Gasteiger partial charge in [-0.25, -0.2) is 9.59 Å². The number of hydrogen-bond acceptors (Lipinski definition) is 5. The van der Waals surface area contributed by atoms with Crippen molar-refractivity contribution in [1.29, 1.82) is 0 Å². The maximum Gasteiger partial charge on any atom is 0.407 e. The maximum absolute atomic E-state index is 13.0. The van der Waals surface area contributed by atoms with E-state index >= 15 is 0 Å². The van der Waals surface area contributed by atoms with Gasteiger partial charge in [-0.2, -0.15) is 0 Å². The number of rotatable bonds is 6. The first kappa shape index (κ1) is 22.8. The number of carbonyl (C=O) groups is 3. The van der Waals surface area contributed by atoms with Gasteiger partial charge in [-0.15, -0.1) is 0 Å². The van der Waals surface area contributed by atoms with Crippen LogP contribution in [0, 0.1) is 5.92 Å². The van der Waals surface area contributed by atoms with Crippen LogP contribution in [-0.2, 0) is 19.1 Å². The van der Waals surface area contributed by atoms with Gasteiger partial charge in [0.05, 0.1) is 13.2 Å². The van der Waals surface area contributed by atoms with Crippen LogP contribution in [0.1, 0.15) is 30.9 Å². The summed E-state index contributed by atoms with van der Waals surface area (Å²) in [6.07, 6.45) is -1.74. The number of aliphatic carboxylic acids is 1. The van der Waals surface area contributed by atoms with Crippen molar-refractivity contribution in [2.75, 3.05) is 26.3 Å². The van der Waals surface area contributed by atoms with Crippen LogP contribution < -0.4 is 5.32 Å². The number of hydrogen-bond donors (Lipinski definition) is 2. The fraction of sp³-hybridized carbons (Fsp3) is 0.400. The van der Waals surface area contributed by atoms with Gasteiger partial charge in [0.1, 0.15) is 12.6 Å². The quantitative estimate of drug-likeness (QED) is 0.698. The highest BCUT2D eigenvalue weighted by atomic mass is 16.5. The molecule has 2 aromatic carbocycles. The molecule has 0 radical (unpaired) electrons. The van der Waals surface area contributed by atoms with Crippen LogP contribution in [0.25, 0.3) is 11.1 Å². The van der Waals surface area contributed by atoms with Gasteiger partial charge in [-0.3, -0.25) is 4.79 Å². The Bertz CT molecular complexity index is 1010. The number of amides is 2. The molecule has 1 heterocycles. The number of carbonyl (C=O) groups excluding carboxylic acids is 2. The Morgan fingerprint density at radius 2 is 1.70 bits per heavy atom. The molecule has 0 saturated carbocycles. The molecule has 2 aromatic rings. The third kappa shape index (κ3) is 4.71. The van der Waals surface area contributed by atoms with Gasteiger partial charge >= 0.3 is 12.1 Å². The number of carboxylic acids is 1. The monoisotopic (exact) mass is 452 g/mol. The lowest BCUT2D eigenvalue weighted by Crippen LogP contribution is -2.56. The summed E-state index contributed by atoms with van der Waals surface area (Å²) in [5.41, 5.74) is 4.49. The molecule has 0 spiro atoms. The van der Waals surface area contributed by atoms with Crippen molar-refractivity contribution in [3.05, 3.63) is 59.7 Å². The minimum absolute atomic E-state index is 0.0518. The SMILES string of the molecule is CC(C)[C@@H](NC(=O)OCC1c2ccccc2-c2ccccc21)C(=O)N1CCOC(C(=O)O)C1. The van der Waals surface area contributed by atoms with Crippen LogP contribution in [-0.4, -0.2) is 66.4 Å². The van der Waals surface area contributed by atoms with Crippen molar-refractivity contribution >= 4 is 18.0 Å². The van der Waals surface area contributed by atoms with Gasteiger partial charge in [-0.05, 0) is 28.2 Å². The minimum atomic E-state index is -1.11. The molecular weight excluding hydrogens is 424 g/mol. The number of alkyl carbamates (subject to hydrolysis) is 1. The minimum Gasteiger partial charge on any atom is -0.479 e. The summed E-state index contributed by atoms with van der Waals surface area (Å²) in [4.78, 5) is 38.4. The first-order valence-corrected chi connectivity index (χ1v) is 11.1. The van der Waals surface area contributed by atoms with Gasteiger partial charge in [0, 0.05) is 12.5 Å². The Hall–Kier alpha value is -3.39. The third-order valence-corrected chi connectivity index (χ3v) is 6.20. The van der Waals surface area contributed by atoms with Gasteiger partial charge in [0.15, 0.2) is 6.10 Å². The Kier molecular flexibility index (Phi) is 6.65. The molecule has 2 N–H and O–H groups in total. The number of ether oxygens (including phenoxy) is 2. The molecule has 2 amide bonds. The lowest BCUT2D eigenvalue weighted by molar-refractivity contribution is -0.160. The first-order valence-electron chi connectivity index (χ1n) is 11.1. The molecule has 1 fully saturated rings. The van der Waals surface area contributed by atoms with Crippen LogP contribution in [0.15, 0.2) is 48.5 Å². The normalized spacial score (nSPS) is 18.4. The Balaban J connectivity index is 1.41. The smallest absolute Gasteiger partial charge is 0.407 e. The molecule has 1 unspecified atom stereocenters. The number of nitrogens with zero attached hydrogens (tertiary/aromatic N) is 1. The molecule has 4 rings (SSSR count). The lowest BCUT2D eigenvalue weighted by Gasteiger charge is -2.34. The molecule has 8 heteroatoms. The topological polar surface area (TPSA) is 105 Å². The van der Waals surface area contributed by atoms with Gasteiger partial charge in [-0.1, -0.05) is 62.4 Å². The van der Waals surface area contributed by atoms with Gasteiger partial charge < -0.3 is 24.8 Å². The zero-order chi connectivity index (χ0) is 23.5. The largest absolute Gasteiger partial charge is 0.479 e. The van der Waals surface area contributed by atoms with Crippen molar-refractivity contribution < 1.29 is 29.0 Å². The summed E-state index contributed by atoms with van der Waals surface area (Å²) >= 11 is 0. The van der Waals surface area contributed by atoms with E-state index in [-0.39, 0.29) is 44.0 Å². The van der Waals surface area contributed by atoms with Crippen molar-refractivity contribution in [3.63, 3.8) is 0 Å². The number of carboxylic acid groups (broad SMARTS) is 1. The average Bonchev–Trinajstić information content (AvgIpc) is 3.14. The molecule has 1 aliphatic heterocycles. The molecule has 1 aliphatic carbocycles. The number of morpholine rings is 1. The van der Waals surface area contributed by atoms with E-state index in [2.05, 4.69) is 17.4 Å². The second-order valence-electron chi connectivity index (χ2n) is 8.67. The molecule has 8 nitrogen and oxygen atoms in total. The summed E-state index contributed by atoms with van der Waals surface area (Å²) < 4.78 is 10.8. The van der Waals surface area contributed by atoms with Crippen molar-refractivity contribution in [3.8, 4) is 11.1 Å². The first-order chi connectivity index (χ1) is 15.9. The highest BCUT2D eigenvalue weighted by Gasteiger charge is 2.35. The van der Waals surface area contributed by atoms with Crippen LogP contribution >= 0.6 is 0 Å². The van der Waals surface area contributed by atoms with Crippen LogP contribution in [0.4, 0.5) is 4.79 Å². The van der Waals surface area contributed by atoms with E-state index in [4.69, 9.17) is 9.47 Å². The predicted octanol–water partition coefficient (Wildman–Crippen LogP) is 2.86. The van der Waals surface area contributed by atoms with Crippen LogP contribution in [0.5, 0.6) is 0 Å². The fourth-order valence-corrected chi connectivity index (χ4v) is 4.48. The molecule has 2 aliphatic rings. The average molecular weight is 453 g/mol. The molecule has 2 atom stereocenters. The zero-order valence-electron chi connectivity index (χ0n) is 18.7. The highest BCUT2D eigenvalue weighted by molar-refractivity contribution is 5.87. The summed E-state index contributed by atoms with van der Waals surface area (Å²) in [6, 6.07) is 15.3. The highest BCUT2D eigenvalue weighted by Crippen LogP contribution is 2.44.